The zero-order valence-electron chi connectivity index (χ0n) is 12.3. The molecule has 0 bridgehead atoms. The van der Waals surface area contributed by atoms with E-state index in [1.54, 1.807) is 0 Å². The molecule has 2 aromatic rings. The highest BCUT2D eigenvalue weighted by Crippen LogP contribution is 2.27. The zero-order chi connectivity index (χ0) is 17.9. The average Bonchev–Trinajstić information content (AvgIpc) is 2.50. The van der Waals surface area contributed by atoms with Crippen LogP contribution in [0.1, 0.15) is 11.1 Å². The Morgan fingerprint density at radius 1 is 1.08 bits per heavy atom. The van der Waals surface area contributed by atoms with Gasteiger partial charge in [0.25, 0.3) is 5.91 Å². The van der Waals surface area contributed by atoms with E-state index in [0.29, 0.717) is 10.6 Å². The topological polar surface area (TPSA) is 118 Å². The lowest BCUT2D eigenvalue weighted by atomic mass is 10.2. The summed E-state index contributed by atoms with van der Waals surface area (Å²) in [6.07, 6.45) is 1.05. The molecule has 0 saturated heterocycles. The molecule has 0 saturated carbocycles. The van der Waals surface area contributed by atoms with Crippen molar-refractivity contribution in [1.29, 1.82) is 0 Å². The SMILES string of the molecule is NC(=O)/C(=C\c1ccc(O)c(O)c1)S(=O)(=O)Cc1ccc(Cl)cc1. The Morgan fingerprint density at radius 2 is 1.71 bits per heavy atom. The molecule has 0 aliphatic rings. The Kier molecular flexibility index (Phi) is 5.16. The average molecular weight is 368 g/mol. The summed E-state index contributed by atoms with van der Waals surface area (Å²) in [5.41, 5.74) is 5.85. The highest BCUT2D eigenvalue weighted by atomic mass is 35.5. The monoisotopic (exact) mass is 367 g/mol. The first-order valence-electron chi connectivity index (χ1n) is 6.70. The van der Waals surface area contributed by atoms with Gasteiger partial charge in [-0.15, -0.1) is 0 Å². The number of phenolic OH excluding ortho intramolecular Hbond substituents is 2. The first-order chi connectivity index (χ1) is 11.2. The maximum atomic E-state index is 12.5. The van der Waals surface area contributed by atoms with Crippen molar-refractivity contribution in [2.24, 2.45) is 5.73 Å². The van der Waals surface area contributed by atoms with Gasteiger partial charge in [0.1, 0.15) is 4.91 Å². The highest BCUT2D eigenvalue weighted by molar-refractivity contribution is 7.95. The van der Waals surface area contributed by atoms with E-state index in [1.165, 1.54) is 36.4 Å². The van der Waals surface area contributed by atoms with Crippen LogP contribution in [0.3, 0.4) is 0 Å². The van der Waals surface area contributed by atoms with Gasteiger partial charge in [-0.1, -0.05) is 29.8 Å². The fourth-order valence-corrected chi connectivity index (χ4v) is 3.51. The molecule has 24 heavy (non-hydrogen) atoms. The number of primary amides is 1. The number of rotatable bonds is 5. The Labute approximate surface area is 143 Å². The predicted octanol–water partition coefficient (Wildman–Crippen LogP) is 2.19. The van der Waals surface area contributed by atoms with Crippen molar-refractivity contribution in [2.45, 2.75) is 5.75 Å². The molecule has 0 atom stereocenters. The number of amides is 1. The molecule has 0 unspecified atom stereocenters. The van der Waals surface area contributed by atoms with Gasteiger partial charge in [0.15, 0.2) is 21.3 Å². The molecule has 0 aromatic heterocycles. The minimum atomic E-state index is -4.01. The van der Waals surface area contributed by atoms with Crippen molar-refractivity contribution in [2.75, 3.05) is 0 Å². The van der Waals surface area contributed by atoms with E-state index < -0.39 is 32.2 Å². The number of hydrogen-bond donors (Lipinski definition) is 3. The maximum Gasteiger partial charge on any atom is 0.260 e. The summed E-state index contributed by atoms with van der Waals surface area (Å²) in [4.78, 5) is 11.0. The number of carbonyl (C=O) groups excluding carboxylic acids is 1. The summed E-state index contributed by atoms with van der Waals surface area (Å²) in [5.74, 6) is -2.35. The fourth-order valence-electron chi connectivity index (χ4n) is 1.97. The van der Waals surface area contributed by atoms with Crippen molar-refractivity contribution < 1.29 is 23.4 Å². The molecule has 8 heteroatoms. The number of carbonyl (C=O) groups is 1. The molecule has 4 N–H and O–H groups in total. The second-order valence-electron chi connectivity index (χ2n) is 5.01. The molecule has 126 valence electrons. The molecule has 0 heterocycles. The van der Waals surface area contributed by atoms with Gasteiger partial charge in [-0.3, -0.25) is 4.79 Å². The van der Waals surface area contributed by atoms with E-state index in [2.05, 4.69) is 0 Å². The van der Waals surface area contributed by atoms with Crippen LogP contribution < -0.4 is 5.73 Å². The van der Waals surface area contributed by atoms with Crippen LogP contribution in [-0.2, 0) is 20.4 Å². The third kappa shape index (κ3) is 4.27. The lowest BCUT2D eigenvalue weighted by Crippen LogP contribution is -2.22. The van der Waals surface area contributed by atoms with Crippen LogP contribution in [0, 0.1) is 0 Å². The second kappa shape index (κ2) is 6.94. The molecule has 2 aromatic carbocycles. The largest absolute Gasteiger partial charge is 0.504 e. The number of sulfone groups is 1. The summed E-state index contributed by atoms with van der Waals surface area (Å²) >= 11 is 5.75. The van der Waals surface area contributed by atoms with Gasteiger partial charge < -0.3 is 15.9 Å². The summed E-state index contributed by atoms with van der Waals surface area (Å²) < 4.78 is 24.9. The lowest BCUT2D eigenvalue weighted by Gasteiger charge is -2.07. The van der Waals surface area contributed by atoms with Crippen LogP contribution in [0.4, 0.5) is 0 Å². The molecular formula is C16H14ClNO5S. The number of phenols is 2. The van der Waals surface area contributed by atoms with Gasteiger partial charge in [-0.25, -0.2) is 8.42 Å². The summed E-state index contributed by atoms with van der Waals surface area (Å²) in [6.45, 7) is 0. The molecule has 0 radical (unpaired) electrons. The van der Waals surface area contributed by atoms with Crippen LogP contribution in [0.25, 0.3) is 6.08 Å². The zero-order valence-corrected chi connectivity index (χ0v) is 13.9. The van der Waals surface area contributed by atoms with Crippen molar-refractivity contribution >= 4 is 33.4 Å². The molecule has 6 nitrogen and oxygen atoms in total. The van der Waals surface area contributed by atoms with Gasteiger partial charge in [0.05, 0.1) is 5.75 Å². The Morgan fingerprint density at radius 3 is 2.25 bits per heavy atom. The fraction of sp³-hybridized carbons (Fsp3) is 0.0625. The predicted molar refractivity (Wildman–Crippen MR) is 91.0 cm³/mol. The first-order valence-corrected chi connectivity index (χ1v) is 8.73. The highest BCUT2D eigenvalue weighted by Gasteiger charge is 2.23. The quantitative estimate of drug-likeness (QED) is 0.553. The van der Waals surface area contributed by atoms with E-state index >= 15 is 0 Å². The molecule has 0 fully saturated rings. The smallest absolute Gasteiger partial charge is 0.260 e. The van der Waals surface area contributed by atoms with E-state index in [4.69, 9.17) is 17.3 Å². The molecule has 2 rings (SSSR count). The van der Waals surface area contributed by atoms with Crippen molar-refractivity contribution in [3.05, 3.63) is 63.5 Å². The number of aromatic hydroxyl groups is 2. The first kappa shape index (κ1) is 17.8. The maximum absolute atomic E-state index is 12.5. The third-order valence-corrected chi connectivity index (χ3v) is 5.10. The van der Waals surface area contributed by atoms with E-state index in [1.807, 2.05) is 0 Å². The van der Waals surface area contributed by atoms with Crippen molar-refractivity contribution in [1.82, 2.24) is 0 Å². The molecule has 0 aliphatic heterocycles. The van der Waals surface area contributed by atoms with Crippen LogP contribution in [0.2, 0.25) is 5.02 Å². The van der Waals surface area contributed by atoms with Gasteiger partial charge in [-0.2, -0.15) is 0 Å². The molecule has 1 amide bonds. The van der Waals surface area contributed by atoms with Gasteiger partial charge in [-0.05, 0) is 41.5 Å². The van der Waals surface area contributed by atoms with E-state index in [-0.39, 0.29) is 11.3 Å². The summed E-state index contributed by atoms with van der Waals surface area (Å²) in [5, 5.41) is 19.2. The summed E-state index contributed by atoms with van der Waals surface area (Å²) in [6, 6.07) is 9.78. The Hall–Kier alpha value is -2.51. The van der Waals surface area contributed by atoms with Crippen LogP contribution in [-0.4, -0.2) is 24.5 Å². The van der Waals surface area contributed by atoms with Crippen molar-refractivity contribution in [3.63, 3.8) is 0 Å². The minimum absolute atomic E-state index is 0.207. The van der Waals surface area contributed by atoms with Gasteiger partial charge in [0, 0.05) is 5.02 Å². The summed E-state index contributed by atoms with van der Waals surface area (Å²) in [7, 11) is -4.01. The Bertz CT molecular complexity index is 905. The lowest BCUT2D eigenvalue weighted by molar-refractivity contribution is -0.113. The van der Waals surface area contributed by atoms with Crippen LogP contribution in [0.15, 0.2) is 47.4 Å². The van der Waals surface area contributed by atoms with E-state index in [0.717, 1.165) is 12.1 Å². The van der Waals surface area contributed by atoms with Crippen LogP contribution in [0.5, 0.6) is 11.5 Å². The number of benzene rings is 2. The number of nitrogens with two attached hydrogens (primary N) is 1. The van der Waals surface area contributed by atoms with Gasteiger partial charge in [0.2, 0.25) is 0 Å². The molecule has 0 aliphatic carbocycles. The van der Waals surface area contributed by atoms with Gasteiger partial charge >= 0.3 is 0 Å². The molecule has 0 spiro atoms. The second-order valence-corrected chi connectivity index (χ2v) is 7.40. The standard InChI is InChI=1S/C16H14ClNO5S/c17-12-4-1-10(2-5-12)9-24(22,23)15(16(18)21)8-11-3-6-13(19)14(20)7-11/h1-8,19-20H,9H2,(H2,18,21)/b15-8+. The third-order valence-electron chi connectivity index (χ3n) is 3.15. The normalized spacial score (nSPS) is 12.1. The van der Waals surface area contributed by atoms with Crippen LogP contribution >= 0.6 is 11.6 Å². The number of hydrogen-bond acceptors (Lipinski definition) is 5. The Balaban J connectivity index is 2.41. The van der Waals surface area contributed by atoms with Crippen molar-refractivity contribution in [3.8, 4) is 11.5 Å². The number of halogens is 1. The minimum Gasteiger partial charge on any atom is -0.504 e. The van der Waals surface area contributed by atoms with E-state index in [9.17, 15) is 23.4 Å². The molecular weight excluding hydrogens is 354 g/mol.